The molecule has 2 rings (SSSR count). The van der Waals surface area contributed by atoms with E-state index in [4.69, 9.17) is 10.3 Å². The molecule has 1 aromatic heterocycles. The van der Waals surface area contributed by atoms with Crippen molar-refractivity contribution in [2.75, 3.05) is 0 Å². The Balaban J connectivity index is 2.00. The molecule has 1 aromatic rings. The summed E-state index contributed by atoms with van der Waals surface area (Å²) in [5.41, 5.74) is 6.01. The van der Waals surface area contributed by atoms with E-state index in [1.807, 2.05) is 0 Å². The quantitative estimate of drug-likeness (QED) is 0.852. The van der Waals surface area contributed by atoms with E-state index in [-0.39, 0.29) is 6.04 Å². The molecule has 1 fully saturated rings. The molecule has 0 amide bonds. The molecule has 0 aliphatic heterocycles. The third kappa shape index (κ3) is 2.61. The average Bonchev–Trinajstić information content (AvgIpc) is 2.87. The maximum atomic E-state index is 6.01. The van der Waals surface area contributed by atoms with E-state index in [1.165, 1.54) is 25.7 Å². The summed E-state index contributed by atoms with van der Waals surface area (Å²) in [5, 5.41) is 4.06. The van der Waals surface area contributed by atoms with Gasteiger partial charge in [0.25, 0.3) is 0 Å². The third-order valence-corrected chi connectivity index (χ3v) is 3.22. The van der Waals surface area contributed by atoms with Crippen molar-refractivity contribution >= 4 is 0 Å². The fourth-order valence-electron chi connectivity index (χ4n) is 2.36. The lowest BCUT2D eigenvalue weighted by molar-refractivity contribution is 0.331. The van der Waals surface area contributed by atoms with Gasteiger partial charge in [-0.25, -0.2) is 0 Å². The van der Waals surface area contributed by atoms with Crippen LogP contribution in [0.2, 0.25) is 0 Å². The van der Waals surface area contributed by atoms with Crippen LogP contribution in [0.15, 0.2) is 4.52 Å². The van der Waals surface area contributed by atoms with Crippen molar-refractivity contribution in [3.05, 3.63) is 11.7 Å². The van der Waals surface area contributed by atoms with Crippen molar-refractivity contribution < 1.29 is 4.52 Å². The normalized spacial score (nSPS) is 19.5. The molecule has 0 radical (unpaired) electrons. The predicted molar refractivity (Wildman–Crippen MR) is 61.9 cm³/mol. The Bertz CT molecular complexity index is 329. The first-order chi connectivity index (χ1) is 7.66. The molecule has 1 aliphatic carbocycles. The Hall–Kier alpha value is -0.900. The first-order valence-electron chi connectivity index (χ1n) is 6.26. The summed E-state index contributed by atoms with van der Waals surface area (Å²) >= 11 is 0. The zero-order valence-electron chi connectivity index (χ0n) is 10.1. The lowest BCUT2D eigenvalue weighted by atomic mass is 10.0. The second-order valence-electron chi connectivity index (χ2n) is 5.21. The maximum absolute atomic E-state index is 6.01. The van der Waals surface area contributed by atoms with Gasteiger partial charge in [-0.1, -0.05) is 31.8 Å². The van der Waals surface area contributed by atoms with E-state index >= 15 is 0 Å². The van der Waals surface area contributed by atoms with Crippen molar-refractivity contribution in [2.45, 2.75) is 57.9 Å². The van der Waals surface area contributed by atoms with Crippen LogP contribution in [0.3, 0.4) is 0 Å². The number of rotatable bonds is 4. The summed E-state index contributed by atoms with van der Waals surface area (Å²) in [5.74, 6) is 2.53. The predicted octanol–water partition coefficient (Wildman–Crippen LogP) is 2.77. The summed E-state index contributed by atoms with van der Waals surface area (Å²) in [4.78, 5) is 4.44. The summed E-state index contributed by atoms with van der Waals surface area (Å²) < 4.78 is 5.25. The van der Waals surface area contributed by atoms with E-state index in [0.29, 0.717) is 17.7 Å². The standard InChI is InChI=1S/C12H21N3O/c1-8(2)7-10(13)12-14-11(15-16-12)9-5-3-4-6-9/h8-10H,3-7,13H2,1-2H3/t10-/m0/s1. The minimum Gasteiger partial charge on any atom is -0.338 e. The van der Waals surface area contributed by atoms with Gasteiger partial charge in [0.15, 0.2) is 5.82 Å². The molecule has 90 valence electrons. The molecule has 0 aromatic carbocycles. The highest BCUT2D eigenvalue weighted by Crippen LogP contribution is 2.32. The van der Waals surface area contributed by atoms with Crippen LogP contribution in [0, 0.1) is 5.92 Å². The van der Waals surface area contributed by atoms with Gasteiger partial charge in [-0.05, 0) is 25.2 Å². The monoisotopic (exact) mass is 223 g/mol. The Labute approximate surface area is 96.6 Å². The first-order valence-corrected chi connectivity index (χ1v) is 6.26. The van der Waals surface area contributed by atoms with Crippen LogP contribution < -0.4 is 5.73 Å². The van der Waals surface area contributed by atoms with Crippen LogP contribution in [0.5, 0.6) is 0 Å². The number of hydrogen-bond acceptors (Lipinski definition) is 4. The number of nitrogens with two attached hydrogens (primary N) is 1. The molecule has 0 spiro atoms. The average molecular weight is 223 g/mol. The largest absolute Gasteiger partial charge is 0.338 e. The van der Waals surface area contributed by atoms with Gasteiger partial charge in [0, 0.05) is 5.92 Å². The lowest BCUT2D eigenvalue weighted by Gasteiger charge is -2.08. The number of aromatic nitrogens is 2. The van der Waals surface area contributed by atoms with E-state index in [0.717, 1.165) is 12.2 Å². The van der Waals surface area contributed by atoms with Crippen LogP contribution >= 0.6 is 0 Å². The van der Waals surface area contributed by atoms with Gasteiger partial charge in [-0.3, -0.25) is 0 Å². The van der Waals surface area contributed by atoms with Gasteiger partial charge in [-0.15, -0.1) is 0 Å². The Morgan fingerprint density at radius 1 is 1.38 bits per heavy atom. The van der Waals surface area contributed by atoms with Gasteiger partial charge in [0.1, 0.15) is 0 Å². The highest BCUT2D eigenvalue weighted by molar-refractivity contribution is 5.00. The molecule has 0 bridgehead atoms. The van der Waals surface area contributed by atoms with Crippen LogP contribution in [-0.4, -0.2) is 10.1 Å². The topological polar surface area (TPSA) is 64.9 Å². The van der Waals surface area contributed by atoms with E-state index in [2.05, 4.69) is 24.0 Å². The number of hydrogen-bond donors (Lipinski definition) is 1. The summed E-state index contributed by atoms with van der Waals surface area (Å²) in [7, 11) is 0. The molecule has 1 heterocycles. The molecule has 1 aliphatic rings. The molecule has 16 heavy (non-hydrogen) atoms. The minimum absolute atomic E-state index is 0.109. The second kappa shape index (κ2) is 4.95. The molecule has 2 N–H and O–H groups in total. The van der Waals surface area contributed by atoms with Crippen LogP contribution in [-0.2, 0) is 0 Å². The second-order valence-corrected chi connectivity index (χ2v) is 5.21. The molecule has 1 saturated carbocycles. The van der Waals surface area contributed by atoms with Crippen molar-refractivity contribution in [1.82, 2.24) is 10.1 Å². The molecule has 0 saturated heterocycles. The molecule has 4 nitrogen and oxygen atoms in total. The minimum atomic E-state index is -0.109. The first kappa shape index (κ1) is 11.6. The molecular weight excluding hydrogens is 202 g/mol. The zero-order chi connectivity index (χ0) is 11.5. The molecule has 0 unspecified atom stereocenters. The van der Waals surface area contributed by atoms with Crippen molar-refractivity contribution in [3.63, 3.8) is 0 Å². The van der Waals surface area contributed by atoms with Crippen molar-refractivity contribution in [1.29, 1.82) is 0 Å². The van der Waals surface area contributed by atoms with Crippen LogP contribution in [0.1, 0.15) is 69.6 Å². The van der Waals surface area contributed by atoms with Crippen LogP contribution in [0.25, 0.3) is 0 Å². The summed E-state index contributed by atoms with van der Waals surface area (Å²) in [6.45, 7) is 4.29. The van der Waals surface area contributed by atoms with E-state index in [1.54, 1.807) is 0 Å². The van der Waals surface area contributed by atoms with Crippen molar-refractivity contribution in [2.24, 2.45) is 11.7 Å². The van der Waals surface area contributed by atoms with Gasteiger partial charge in [0.05, 0.1) is 6.04 Å². The molecule has 1 atom stereocenters. The summed E-state index contributed by atoms with van der Waals surface area (Å²) in [6, 6.07) is -0.109. The lowest BCUT2D eigenvalue weighted by Crippen LogP contribution is -2.13. The van der Waals surface area contributed by atoms with Gasteiger partial charge < -0.3 is 10.3 Å². The van der Waals surface area contributed by atoms with Crippen molar-refractivity contribution in [3.8, 4) is 0 Å². The van der Waals surface area contributed by atoms with Gasteiger partial charge in [-0.2, -0.15) is 4.98 Å². The highest BCUT2D eigenvalue weighted by atomic mass is 16.5. The van der Waals surface area contributed by atoms with Gasteiger partial charge in [0.2, 0.25) is 5.89 Å². The Morgan fingerprint density at radius 2 is 2.06 bits per heavy atom. The van der Waals surface area contributed by atoms with Crippen LogP contribution in [0.4, 0.5) is 0 Å². The molecular formula is C12H21N3O. The fourth-order valence-corrected chi connectivity index (χ4v) is 2.36. The Kier molecular flexibility index (Phi) is 3.59. The Morgan fingerprint density at radius 3 is 2.69 bits per heavy atom. The fraction of sp³-hybridized carbons (Fsp3) is 0.833. The zero-order valence-corrected chi connectivity index (χ0v) is 10.1. The molecule has 4 heteroatoms. The van der Waals surface area contributed by atoms with E-state index in [9.17, 15) is 0 Å². The summed E-state index contributed by atoms with van der Waals surface area (Å²) in [6.07, 6.45) is 5.85. The third-order valence-electron chi connectivity index (χ3n) is 3.22. The smallest absolute Gasteiger partial charge is 0.243 e. The SMILES string of the molecule is CC(C)C[C@H](N)c1nc(C2CCCC2)no1. The number of nitrogens with zero attached hydrogens (tertiary/aromatic N) is 2. The highest BCUT2D eigenvalue weighted by Gasteiger charge is 2.24. The van der Waals surface area contributed by atoms with Gasteiger partial charge >= 0.3 is 0 Å². The van der Waals surface area contributed by atoms with E-state index < -0.39 is 0 Å². The maximum Gasteiger partial charge on any atom is 0.243 e.